The molecule has 16 heteroatoms. The Balaban J connectivity index is -0.000000403. The van der Waals surface area contributed by atoms with Crippen LogP contribution in [0.1, 0.15) is 0 Å². The lowest BCUT2D eigenvalue weighted by atomic mass is 10.4. The second kappa shape index (κ2) is 26.0. The molecule has 8 N–H and O–H groups in total. The molecular weight excluding hydrogens is 512 g/mol. The van der Waals surface area contributed by atoms with E-state index in [1.54, 1.807) is 9.80 Å². The van der Waals surface area contributed by atoms with Crippen LogP contribution in [0.5, 0.6) is 0 Å². The number of hydrogen-bond donors (Lipinski definition) is 6. The van der Waals surface area contributed by atoms with Gasteiger partial charge in [-0.2, -0.15) is 0 Å². The molecule has 0 aromatic carbocycles. The van der Waals surface area contributed by atoms with Crippen LogP contribution < -0.4 is 40.9 Å². The Morgan fingerprint density at radius 2 is 0.737 bits per heavy atom. The first kappa shape index (κ1) is 38.4. The number of nitrogens with two attached hydrogens (primary N) is 2. The quantitative estimate of drug-likeness (QED) is 0.169. The summed E-state index contributed by atoms with van der Waals surface area (Å²) >= 11 is 0. The Kier molecular flexibility index (Phi) is 26.2. The number of carbonyl (C=O) groups is 6. The maximum atomic E-state index is 9.55. The lowest BCUT2D eigenvalue weighted by Crippen LogP contribution is -3.18. The first-order valence-electron chi connectivity index (χ1n) is 11.3. The molecule has 2 rings (SSSR count). The van der Waals surface area contributed by atoms with Gasteiger partial charge in [0.2, 0.25) is 0 Å². The Bertz CT molecular complexity index is 670. The highest BCUT2D eigenvalue weighted by molar-refractivity contribution is 5.89. The highest BCUT2D eigenvalue weighted by Crippen LogP contribution is 1.70. The molecule has 0 bridgehead atoms. The maximum Gasteiger partial charge on any atom is 0.328 e. The molecule has 0 saturated carbocycles. The van der Waals surface area contributed by atoms with Crippen LogP contribution in [0.2, 0.25) is 0 Å². The van der Waals surface area contributed by atoms with E-state index in [1.165, 1.54) is 52.4 Å². The molecule has 2 saturated heterocycles. The molecular formula is C22H36N4O12. The highest BCUT2D eigenvalue weighted by Gasteiger charge is 2.08. The predicted molar refractivity (Wildman–Crippen MR) is 119 cm³/mol. The monoisotopic (exact) mass is 548 g/mol. The number of rotatable bonds is 6. The van der Waals surface area contributed by atoms with Crippen LogP contribution in [0.15, 0.2) is 36.5 Å². The second-order valence-corrected chi connectivity index (χ2v) is 7.60. The van der Waals surface area contributed by atoms with E-state index in [1.807, 2.05) is 0 Å². The van der Waals surface area contributed by atoms with E-state index < -0.39 is 35.8 Å². The summed E-state index contributed by atoms with van der Waals surface area (Å²) in [5.74, 6) is -8.70. The largest absolute Gasteiger partial charge is 0.545 e. The van der Waals surface area contributed by atoms with Crippen LogP contribution in [-0.4, -0.2) is 112 Å². The molecule has 0 unspecified atom stereocenters. The van der Waals surface area contributed by atoms with E-state index in [-0.39, 0.29) is 0 Å². The highest BCUT2D eigenvalue weighted by atomic mass is 16.4. The number of carbonyl (C=O) groups excluding carboxylic acids is 4. The molecule has 2 aliphatic rings. The summed E-state index contributed by atoms with van der Waals surface area (Å²) in [7, 11) is 4.51. The molecule has 16 nitrogen and oxygen atoms in total. The second-order valence-electron chi connectivity index (χ2n) is 7.60. The van der Waals surface area contributed by atoms with Gasteiger partial charge in [0.15, 0.2) is 0 Å². The standard InChI is InChI=1S/2C5H12N2.3C4H4O4/c2*1-7-4-2-6-3-5-7;3*5-3(6)1-2-4(7)8/h2*6H,2-5H2,1H3;3*1-2H,(H,5,6)(H,7,8)/b;;3*2-1+. The molecule has 38 heavy (non-hydrogen) atoms. The van der Waals surface area contributed by atoms with E-state index in [2.05, 4.69) is 24.7 Å². The van der Waals surface area contributed by atoms with Gasteiger partial charge in [-0.15, -0.1) is 0 Å². The molecule has 0 aliphatic carbocycles. The summed E-state index contributed by atoms with van der Waals surface area (Å²) in [6.07, 6.45) is 2.65. The molecule has 216 valence electrons. The summed E-state index contributed by atoms with van der Waals surface area (Å²) < 4.78 is 0. The summed E-state index contributed by atoms with van der Waals surface area (Å²) in [4.78, 5) is 60.1. The Morgan fingerprint density at radius 3 is 0.842 bits per heavy atom. The molecule has 2 aliphatic heterocycles. The van der Waals surface area contributed by atoms with Crippen molar-refractivity contribution in [2.24, 2.45) is 0 Å². The zero-order valence-electron chi connectivity index (χ0n) is 21.3. The van der Waals surface area contributed by atoms with Gasteiger partial charge in [-0.25, -0.2) is 9.59 Å². The van der Waals surface area contributed by atoms with Gasteiger partial charge in [0.05, 0.1) is 38.0 Å². The minimum atomic E-state index is -1.55. The van der Waals surface area contributed by atoms with Crippen LogP contribution in [0.4, 0.5) is 0 Å². The zero-order chi connectivity index (χ0) is 29.9. The van der Waals surface area contributed by atoms with Gasteiger partial charge in [0.25, 0.3) is 0 Å². The van der Waals surface area contributed by atoms with Crippen molar-refractivity contribution in [1.82, 2.24) is 0 Å². The summed E-state index contributed by atoms with van der Waals surface area (Å²) in [5, 5.41) is 58.0. The van der Waals surface area contributed by atoms with Gasteiger partial charge in [-0.1, -0.05) is 0 Å². The number of carboxylic acids is 6. The third-order valence-corrected chi connectivity index (χ3v) is 4.18. The average Bonchev–Trinajstić information content (AvgIpc) is 2.83. The normalized spacial score (nSPS) is 15.3. The number of nitrogens with one attached hydrogen (secondary N) is 2. The fraction of sp³-hybridized carbons (Fsp3) is 0.455. The molecule has 0 amide bonds. The van der Waals surface area contributed by atoms with Gasteiger partial charge in [-0.3, -0.25) is 0 Å². The molecule has 0 radical (unpaired) electrons. The summed E-state index contributed by atoms with van der Waals surface area (Å²) in [5.41, 5.74) is 0. The third-order valence-electron chi connectivity index (χ3n) is 4.18. The Hall–Kier alpha value is -4.12. The Morgan fingerprint density at radius 1 is 0.526 bits per heavy atom. The first-order chi connectivity index (χ1) is 17.7. The van der Waals surface area contributed by atoms with Crippen LogP contribution in [0, 0.1) is 0 Å². The predicted octanol–water partition coefficient (Wildman–Crippen LogP) is -12.0. The lowest BCUT2D eigenvalue weighted by Gasteiger charge is -2.16. The van der Waals surface area contributed by atoms with Crippen molar-refractivity contribution in [3.05, 3.63) is 36.5 Å². The third kappa shape index (κ3) is 42.1. The Labute approximate surface area is 219 Å². The van der Waals surface area contributed by atoms with Crippen LogP contribution in [0.3, 0.4) is 0 Å². The molecule has 0 spiro atoms. The van der Waals surface area contributed by atoms with E-state index in [9.17, 15) is 49.2 Å². The minimum Gasteiger partial charge on any atom is -0.545 e. The van der Waals surface area contributed by atoms with Crippen molar-refractivity contribution in [3.63, 3.8) is 0 Å². The number of hydrogen-bond acceptors (Lipinski definition) is 10. The fourth-order valence-electron chi connectivity index (χ4n) is 2.35. The van der Waals surface area contributed by atoms with Gasteiger partial charge in [-0.05, 0) is 24.3 Å². The first-order valence-corrected chi connectivity index (χ1v) is 11.3. The number of piperazine rings is 2. The van der Waals surface area contributed by atoms with Crippen LogP contribution >= 0.6 is 0 Å². The SMILES string of the molecule is C[NH+]1CC[NH2+]CC1.C[NH+]1CC[NH2+]CC1.O=C(O)/C=C/C(=O)O.O=C([O-])/C=C/C(=O)[O-].O=C([O-])/C=C/C(=O)[O-]. The number of likely N-dealkylation sites (N-methyl/N-ethyl adjacent to an activating group) is 2. The van der Waals surface area contributed by atoms with E-state index in [0.29, 0.717) is 36.5 Å². The molecule has 2 fully saturated rings. The molecule has 0 aromatic rings. The topological polar surface area (TPSA) is 277 Å². The van der Waals surface area contributed by atoms with E-state index in [4.69, 9.17) is 10.2 Å². The van der Waals surface area contributed by atoms with Gasteiger partial charge >= 0.3 is 11.9 Å². The molecule has 0 aromatic heterocycles. The van der Waals surface area contributed by atoms with Gasteiger partial charge < -0.3 is 70.3 Å². The average molecular weight is 549 g/mol. The van der Waals surface area contributed by atoms with Crippen molar-refractivity contribution in [1.29, 1.82) is 0 Å². The smallest absolute Gasteiger partial charge is 0.328 e. The summed E-state index contributed by atoms with van der Waals surface area (Å²) in [6.45, 7) is 10.7. The van der Waals surface area contributed by atoms with Crippen LogP contribution in [-0.2, 0) is 28.8 Å². The number of aliphatic carboxylic acids is 6. The zero-order valence-corrected chi connectivity index (χ0v) is 21.3. The number of quaternary nitrogens is 4. The van der Waals surface area contributed by atoms with E-state index in [0.717, 1.165) is 0 Å². The summed E-state index contributed by atoms with van der Waals surface area (Å²) in [6, 6.07) is 0. The van der Waals surface area contributed by atoms with Gasteiger partial charge in [0.1, 0.15) is 52.4 Å². The van der Waals surface area contributed by atoms with Gasteiger partial charge in [0, 0.05) is 12.2 Å². The molecule has 2 heterocycles. The van der Waals surface area contributed by atoms with Crippen molar-refractivity contribution in [2.75, 3.05) is 66.5 Å². The number of carboxylic acid groups (broad SMARTS) is 6. The minimum absolute atomic E-state index is 0.384. The van der Waals surface area contributed by atoms with Crippen LogP contribution in [0.25, 0.3) is 0 Å². The fourth-order valence-corrected chi connectivity index (χ4v) is 2.35. The van der Waals surface area contributed by atoms with E-state index >= 15 is 0 Å². The van der Waals surface area contributed by atoms with Crippen molar-refractivity contribution < 1.29 is 79.8 Å². The maximum absolute atomic E-state index is 9.55. The molecule has 0 atom stereocenters. The van der Waals surface area contributed by atoms with Crippen molar-refractivity contribution in [2.45, 2.75) is 0 Å². The van der Waals surface area contributed by atoms with Crippen molar-refractivity contribution >= 4 is 35.8 Å². The lowest BCUT2D eigenvalue weighted by molar-refractivity contribution is -0.930. The van der Waals surface area contributed by atoms with Crippen molar-refractivity contribution in [3.8, 4) is 0 Å².